The van der Waals surface area contributed by atoms with Crippen LogP contribution in [-0.4, -0.2) is 25.7 Å². The lowest BCUT2D eigenvalue weighted by Gasteiger charge is -2.28. The molecule has 0 amide bonds. The first kappa shape index (κ1) is 13.2. The Morgan fingerprint density at radius 2 is 1.75 bits per heavy atom. The van der Waals surface area contributed by atoms with Gasteiger partial charge in [-0.15, -0.1) is 0 Å². The fourth-order valence-corrected chi connectivity index (χ4v) is 4.10. The van der Waals surface area contributed by atoms with E-state index < -0.39 is 16.5 Å². The quantitative estimate of drug-likeness (QED) is 0.842. The number of hydrogen-bond donors (Lipinski definition) is 1. The van der Waals surface area contributed by atoms with Crippen LogP contribution in [0, 0.1) is 0 Å². The maximum atomic E-state index is 11.8. The number of rotatable bonds is 3. The lowest BCUT2D eigenvalue weighted by atomic mass is 10.6. The summed E-state index contributed by atoms with van der Waals surface area (Å²) in [5, 5.41) is 0. The fourth-order valence-electron chi connectivity index (χ4n) is 1.54. The van der Waals surface area contributed by atoms with Crippen LogP contribution in [0.2, 0.25) is 39.3 Å². The van der Waals surface area contributed by atoms with Crippen molar-refractivity contribution in [3.8, 4) is 0 Å². The van der Waals surface area contributed by atoms with Crippen molar-refractivity contribution in [2.45, 2.75) is 39.3 Å². The lowest BCUT2D eigenvalue weighted by molar-refractivity contribution is 0.968. The van der Waals surface area contributed by atoms with Gasteiger partial charge in [-0.25, -0.2) is 9.78 Å². The predicted octanol–water partition coefficient (Wildman–Crippen LogP) is 2.17. The molecule has 0 aliphatic heterocycles. The molecule has 0 saturated heterocycles. The zero-order valence-electron chi connectivity index (χ0n) is 11.0. The van der Waals surface area contributed by atoms with Crippen molar-refractivity contribution in [2.75, 3.05) is 4.98 Å². The molecule has 1 N–H and O–H groups in total. The second-order valence-corrected chi connectivity index (χ2v) is 15.5. The van der Waals surface area contributed by atoms with Crippen molar-refractivity contribution in [1.82, 2.24) is 9.22 Å². The Hall–Kier alpha value is -0.886. The van der Waals surface area contributed by atoms with E-state index in [1.807, 2.05) is 10.3 Å². The van der Waals surface area contributed by atoms with Crippen LogP contribution in [0.3, 0.4) is 0 Å². The molecule has 16 heavy (non-hydrogen) atoms. The summed E-state index contributed by atoms with van der Waals surface area (Å²) in [6, 6.07) is 1.90. The highest BCUT2D eigenvalue weighted by Crippen LogP contribution is 2.14. The summed E-state index contributed by atoms with van der Waals surface area (Å²) < 4.78 is 1.85. The van der Waals surface area contributed by atoms with E-state index in [2.05, 4.69) is 49.2 Å². The minimum Gasteiger partial charge on any atom is -0.398 e. The molecule has 1 aromatic rings. The van der Waals surface area contributed by atoms with Gasteiger partial charge in [0.15, 0.2) is 8.24 Å². The van der Waals surface area contributed by atoms with Crippen molar-refractivity contribution < 1.29 is 0 Å². The highest BCUT2D eigenvalue weighted by Gasteiger charge is 2.24. The van der Waals surface area contributed by atoms with Crippen molar-refractivity contribution in [2.24, 2.45) is 0 Å². The van der Waals surface area contributed by atoms with Gasteiger partial charge < -0.3 is 9.22 Å². The van der Waals surface area contributed by atoms with E-state index >= 15 is 0 Å². The maximum absolute atomic E-state index is 11.8. The molecule has 0 aromatic carbocycles. The van der Waals surface area contributed by atoms with Crippen LogP contribution in [0.5, 0.6) is 0 Å². The molecule has 0 aliphatic rings. The van der Waals surface area contributed by atoms with Gasteiger partial charge in [-0.1, -0.05) is 39.3 Å². The van der Waals surface area contributed by atoms with Crippen LogP contribution in [0.25, 0.3) is 0 Å². The van der Waals surface area contributed by atoms with E-state index in [-0.39, 0.29) is 5.69 Å². The number of nitrogens with one attached hydrogen (secondary N) is 1. The van der Waals surface area contributed by atoms with Crippen LogP contribution in [0.1, 0.15) is 0 Å². The van der Waals surface area contributed by atoms with E-state index in [1.54, 1.807) is 6.20 Å². The fraction of sp³-hybridized carbons (Fsp3) is 0.600. The number of hydrogen-bond acceptors (Lipinski definition) is 3. The SMILES string of the molecule is C[Si](C)(C)Nc1ccnc(=O)n1[Si](C)(C)C. The van der Waals surface area contributed by atoms with Crippen LogP contribution in [0.4, 0.5) is 5.82 Å². The molecule has 4 nitrogen and oxygen atoms in total. The number of nitrogens with zero attached hydrogens (tertiary/aromatic N) is 2. The highest BCUT2D eigenvalue weighted by atomic mass is 28.3. The summed E-state index contributed by atoms with van der Waals surface area (Å²) >= 11 is 0. The minimum absolute atomic E-state index is 0.137. The van der Waals surface area contributed by atoms with E-state index in [0.717, 1.165) is 5.82 Å². The normalized spacial score (nSPS) is 12.6. The van der Waals surface area contributed by atoms with Gasteiger partial charge in [0, 0.05) is 6.20 Å². The Labute approximate surface area is 98.9 Å². The molecular weight excluding hydrogens is 234 g/mol. The second kappa shape index (κ2) is 4.17. The summed E-state index contributed by atoms with van der Waals surface area (Å²) in [5.74, 6) is 0.929. The highest BCUT2D eigenvalue weighted by molar-refractivity contribution is 6.80. The van der Waals surface area contributed by atoms with Crippen LogP contribution < -0.4 is 10.7 Å². The Morgan fingerprint density at radius 3 is 2.19 bits per heavy atom. The van der Waals surface area contributed by atoms with Crippen molar-refractivity contribution in [3.05, 3.63) is 22.7 Å². The lowest BCUT2D eigenvalue weighted by Crippen LogP contribution is -2.46. The van der Waals surface area contributed by atoms with Gasteiger partial charge in [0.05, 0.1) is 5.82 Å². The van der Waals surface area contributed by atoms with Crippen LogP contribution in [-0.2, 0) is 0 Å². The van der Waals surface area contributed by atoms with Gasteiger partial charge in [0.25, 0.3) is 0 Å². The molecule has 0 atom stereocenters. The molecule has 0 bridgehead atoms. The van der Waals surface area contributed by atoms with E-state index in [9.17, 15) is 4.79 Å². The van der Waals surface area contributed by atoms with Crippen molar-refractivity contribution in [1.29, 1.82) is 0 Å². The molecular formula is C10H21N3OSi2. The summed E-state index contributed by atoms with van der Waals surface area (Å²) in [6.45, 7) is 13.1. The molecule has 1 rings (SSSR count). The molecule has 90 valence electrons. The van der Waals surface area contributed by atoms with Gasteiger partial charge in [-0.3, -0.25) is 0 Å². The molecule has 0 unspecified atom stereocenters. The first-order valence-electron chi connectivity index (χ1n) is 5.48. The summed E-state index contributed by atoms with van der Waals surface area (Å²) in [7, 11) is -3.17. The molecule has 1 aromatic heterocycles. The molecule has 0 saturated carbocycles. The largest absolute Gasteiger partial charge is 0.398 e. The van der Waals surface area contributed by atoms with Crippen LogP contribution in [0.15, 0.2) is 17.1 Å². The summed E-state index contributed by atoms with van der Waals surface area (Å²) in [5.41, 5.74) is -0.137. The van der Waals surface area contributed by atoms with Gasteiger partial charge >= 0.3 is 5.69 Å². The van der Waals surface area contributed by atoms with Crippen LogP contribution >= 0.6 is 0 Å². The maximum Gasteiger partial charge on any atom is 0.340 e. The van der Waals surface area contributed by atoms with E-state index in [1.165, 1.54) is 0 Å². The molecule has 0 radical (unpaired) electrons. The zero-order chi connectivity index (χ0) is 12.6. The minimum atomic E-state index is -1.72. The molecule has 1 heterocycles. The number of aromatic nitrogens is 2. The van der Waals surface area contributed by atoms with Gasteiger partial charge in [0.1, 0.15) is 8.24 Å². The Morgan fingerprint density at radius 1 is 1.19 bits per heavy atom. The topological polar surface area (TPSA) is 46.9 Å². The Bertz CT molecular complexity index is 429. The summed E-state index contributed by atoms with van der Waals surface area (Å²) in [6.07, 6.45) is 1.58. The Kier molecular flexibility index (Phi) is 3.44. The van der Waals surface area contributed by atoms with Crippen molar-refractivity contribution in [3.63, 3.8) is 0 Å². The van der Waals surface area contributed by atoms with E-state index in [0.29, 0.717) is 0 Å². The monoisotopic (exact) mass is 255 g/mol. The first-order valence-corrected chi connectivity index (χ1v) is 12.4. The first-order chi connectivity index (χ1) is 7.11. The second-order valence-electron chi connectivity index (χ2n) is 5.99. The third-order valence-electron chi connectivity index (χ3n) is 2.02. The predicted molar refractivity (Wildman–Crippen MR) is 74.2 cm³/mol. The third-order valence-corrected chi connectivity index (χ3v) is 4.80. The molecule has 0 spiro atoms. The molecule has 0 aliphatic carbocycles. The number of anilines is 1. The van der Waals surface area contributed by atoms with Gasteiger partial charge in [-0.05, 0) is 6.07 Å². The third kappa shape index (κ3) is 3.31. The van der Waals surface area contributed by atoms with Gasteiger partial charge in [-0.2, -0.15) is 0 Å². The van der Waals surface area contributed by atoms with E-state index in [4.69, 9.17) is 0 Å². The zero-order valence-corrected chi connectivity index (χ0v) is 13.0. The average Bonchev–Trinajstić information content (AvgIpc) is 1.97. The van der Waals surface area contributed by atoms with Gasteiger partial charge in [0.2, 0.25) is 0 Å². The standard InChI is InChI=1S/C10H21N3OSi2/c1-15(2,3)12-9-7-8-11-10(14)13(9)16(4,5)6/h7-8,12H,1-6H3. The Balaban J connectivity index is 3.30. The smallest absolute Gasteiger partial charge is 0.340 e. The molecule has 0 fully saturated rings. The average molecular weight is 255 g/mol. The summed E-state index contributed by atoms with van der Waals surface area (Å²) in [4.78, 5) is 19.2. The molecule has 6 heteroatoms. The van der Waals surface area contributed by atoms with Crippen molar-refractivity contribution >= 4 is 22.3 Å².